The lowest BCUT2D eigenvalue weighted by Crippen LogP contribution is -1.94. The Morgan fingerprint density at radius 1 is 1.33 bits per heavy atom. The van der Waals surface area contributed by atoms with Crippen molar-refractivity contribution in [3.63, 3.8) is 0 Å². The maximum Gasteiger partial charge on any atom is 0.295 e. The lowest BCUT2D eigenvalue weighted by Gasteiger charge is -2.00. The highest BCUT2D eigenvalue weighted by atomic mass is 79.9. The number of aromatic nitrogens is 2. The topological polar surface area (TPSA) is 79.8 Å². The molecule has 0 aliphatic heterocycles. The average molecular weight is 383 g/mol. The summed E-state index contributed by atoms with van der Waals surface area (Å²) in [4.78, 5) is 15.9. The molecule has 0 atom stereocenters. The highest BCUT2D eigenvalue weighted by molar-refractivity contribution is 9.10. The number of aromatic hydroxyl groups is 1. The average Bonchev–Trinajstić information content (AvgIpc) is 2.85. The molecule has 0 radical (unpaired) electrons. The van der Waals surface area contributed by atoms with Crippen LogP contribution in [0, 0.1) is 12.3 Å². The zero-order valence-corrected chi connectivity index (χ0v) is 13.9. The van der Waals surface area contributed by atoms with Crippen LogP contribution >= 0.6 is 15.9 Å². The molecule has 1 aromatic carbocycles. The van der Waals surface area contributed by atoms with Gasteiger partial charge in [0.1, 0.15) is 0 Å². The van der Waals surface area contributed by atoms with E-state index in [0.717, 1.165) is 4.47 Å². The lowest BCUT2D eigenvalue weighted by molar-refractivity contribution is 0.0995. The van der Waals surface area contributed by atoms with Crippen molar-refractivity contribution in [1.82, 2.24) is 9.55 Å². The summed E-state index contributed by atoms with van der Waals surface area (Å²) in [7, 11) is 0. The number of amides is 1. The molecule has 3 aromatic rings. The number of benzene rings is 1. The third-order valence-electron chi connectivity index (χ3n) is 3.39. The molecule has 2 heterocycles. The minimum Gasteiger partial charge on any atom is -0.493 e. The summed E-state index contributed by atoms with van der Waals surface area (Å²) in [6.45, 7) is 0.178. The summed E-state index contributed by atoms with van der Waals surface area (Å²) in [5.74, 6) is 1.83. The zero-order valence-electron chi connectivity index (χ0n) is 12.3. The SMILES string of the molecule is C#CCn1c(O)c(N=NC(=O)c2ccncc2)c2cc(Br)ccc21. The zero-order chi connectivity index (χ0) is 17.1. The molecule has 0 aliphatic rings. The molecule has 24 heavy (non-hydrogen) atoms. The van der Waals surface area contributed by atoms with E-state index in [4.69, 9.17) is 6.42 Å². The molecule has 1 N–H and O–H groups in total. The maximum atomic E-state index is 12.0. The standard InChI is InChI=1S/C17H11BrN4O2/c1-2-9-22-14-4-3-12(18)10-13(14)15(17(22)24)20-21-16(23)11-5-7-19-8-6-11/h1,3-8,10,24H,9H2. The van der Waals surface area contributed by atoms with Crippen LogP contribution in [0.15, 0.2) is 57.4 Å². The molecule has 0 saturated carbocycles. The van der Waals surface area contributed by atoms with E-state index in [1.54, 1.807) is 24.3 Å². The van der Waals surface area contributed by atoms with Gasteiger partial charge in [-0.25, -0.2) is 0 Å². The Balaban J connectivity index is 2.07. The van der Waals surface area contributed by atoms with Gasteiger partial charge in [0, 0.05) is 27.8 Å². The predicted octanol–water partition coefficient (Wildman–Crippen LogP) is 4.06. The van der Waals surface area contributed by atoms with Crippen LogP contribution in [0.5, 0.6) is 5.88 Å². The summed E-state index contributed by atoms with van der Waals surface area (Å²) in [6, 6.07) is 8.50. The second kappa shape index (κ2) is 6.64. The fourth-order valence-electron chi connectivity index (χ4n) is 2.29. The van der Waals surface area contributed by atoms with Crippen LogP contribution < -0.4 is 0 Å². The number of halogens is 1. The summed E-state index contributed by atoms with van der Waals surface area (Å²) in [5, 5.41) is 18.7. The fraction of sp³-hybridized carbons (Fsp3) is 0.0588. The number of hydrogen-bond donors (Lipinski definition) is 1. The highest BCUT2D eigenvalue weighted by Gasteiger charge is 2.17. The van der Waals surface area contributed by atoms with Crippen molar-refractivity contribution in [2.24, 2.45) is 10.2 Å². The van der Waals surface area contributed by atoms with Gasteiger partial charge in [0.05, 0.1) is 12.1 Å². The van der Waals surface area contributed by atoms with Gasteiger partial charge < -0.3 is 5.11 Å². The maximum absolute atomic E-state index is 12.0. The molecule has 118 valence electrons. The third kappa shape index (κ3) is 2.92. The van der Waals surface area contributed by atoms with E-state index in [1.807, 2.05) is 6.07 Å². The number of nitrogens with zero attached hydrogens (tertiary/aromatic N) is 4. The van der Waals surface area contributed by atoms with E-state index in [0.29, 0.717) is 16.5 Å². The van der Waals surface area contributed by atoms with Gasteiger partial charge in [-0.15, -0.1) is 16.7 Å². The quantitative estimate of drug-likeness (QED) is 0.547. The molecule has 0 aliphatic carbocycles. The summed E-state index contributed by atoms with van der Waals surface area (Å²) >= 11 is 3.38. The van der Waals surface area contributed by atoms with Gasteiger partial charge in [-0.1, -0.05) is 21.9 Å². The van der Waals surface area contributed by atoms with Crippen molar-refractivity contribution in [1.29, 1.82) is 0 Å². The molecular weight excluding hydrogens is 372 g/mol. The van der Waals surface area contributed by atoms with Gasteiger partial charge in [-0.3, -0.25) is 14.3 Å². The van der Waals surface area contributed by atoms with Crippen LogP contribution in [0.25, 0.3) is 10.9 Å². The molecular formula is C17H11BrN4O2. The van der Waals surface area contributed by atoms with E-state index in [1.165, 1.54) is 17.0 Å². The van der Waals surface area contributed by atoms with Crippen LogP contribution in [0.1, 0.15) is 10.4 Å². The number of rotatable bonds is 3. The van der Waals surface area contributed by atoms with Crippen molar-refractivity contribution in [2.45, 2.75) is 6.54 Å². The molecule has 0 saturated heterocycles. The predicted molar refractivity (Wildman–Crippen MR) is 93.2 cm³/mol. The number of azo groups is 1. The highest BCUT2D eigenvalue weighted by Crippen LogP contribution is 2.40. The Labute approximate surface area is 146 Å². The minimum atomic E-state index is -0.523. The van der Waals surface area contributed by atoms with E-state index in [9.17, 15) is 9.90 Å². The van der Waals surface area contributed by atoms with Crippen molar-refractivity contribution in [3.05, 3.63) is 52.8 Å². The van der Waals surface area contributed by atoms with Gasteiger partial charge in [0.15, 0.2) is 5.69 Å². The Kier molecular flexibility index (Phi) is 4.40. The molecule has 3 rings (SSSR count). The van der Waals surface area contributed by atoms with Gasteiger partial charge in [-0.05, 0) is 30.3 Å². The van der Waals surface area contributed by atoms with E-state index in [-0.39, 0.29) is 18.1 Å². The number of carbonyl (C=O) groups is 1. The second-order valence-electron chi connectivity index (χ2n) is 4.86. The van der Waals surface area contributed by atoms with Crippen LogP contribution in [-0.4, -0.2) is 20.6 Å². The number of terminal acetylenes is 1. The lowest BCUT2D eigenvalue weighted by atomic mass is 10.2. The normalized spacial score (nSPS) is 11.0. The molecule has 0 fully saturated rings. The number of hydrogen-bond acceptors (Lipinski definition) is 4. The molecule has 7 heteroatoms. The van der Waals surface area contributed by atoms with Crippen LogP contribution in [0.3, 0.4) is 0 Å². The summed E-state index contributed by atoms with van der Waals surface area (Å²) in [5.41, 5.74) is 1.27. The van der Waals surface area contributed by atoms with Crippen molar-refractivity contribution in [3.8, 4) is 18.2 Å². The number of pyridine rings is 1. The van der Waals surface area contributed by atoms with Crippen LogP contribution in [-0.2, 0) is 6.54 Å². The largest absolute Gasteiger partial charge is 0.493 e. The summed E-state index contributed by atoms with van der Waals surface area (Å²) < 4.78 is 2.34. The van der Waals surface area contributed by atoms with Gasteiger partial charge in [0.25, 0.3) is 5.91 Å². The smallest absolute Gasteiger partial charge is 0.295 e. The van der Waals surface area contributed by atoms with Gasteiger partial charge >= 0.3 is 0 Å². The Hall–Kier alpha value is -2.98. The molecule has 0 unspecified atom stereocenters. The van der Waals surface area contributed by atoms with Crippen molar-refractivity contribution in [2.75, 3.05) is 0 Å². The minimum absolute atomic E-state index is 0.132. The van der Waals surface area contributed by atoms with Crippen molar-refractivity contribution < 1.29 is 9.90 Å². The Morgan fingerprint density at radius 2 is 2.08 bits per heavy atom. The van der Waals surface area contributed by atoms with Gasteiger partial charge in [0.2, 0.25) is 5.88 Å². The van der Waals surface area contributed by atoms with Crippen LogP contribution in [0.4, 0.5) is 5.69 Å². The fourth-order valence-corrected chi connectivity index (χ4v) is 2.65. The van der Waals surface area contributed by atoms with E-state index >= 15 is 0 Å². The molecule has 0 bridgehead atoms. The second-order valence-corrected chi connectivity index (χ2v) is 5.78. The first kappa shape index (κ1) is 15.9. The van der Waals surface area contributed by atoms with Crippen molar-refractivity contribution >= 4 is 38.4 Å². The summed E-state index contributed by atoms with van der Waals surface area (Å²) in [6.07, 6.45) is 8.34. The first-order valence-corrected chi connectivity index (χ1v) is 7.71. The molecule has 6 nitrogen and oxygen atoms in total. The van der Waals surface area contributed by atoms with Crippen LogP contribution in [0.2, 0.25) is 0 Å². The first-order valence-electron chi connectivity index (χ1n) is 6.92. The molecule has 0 spiro atoms. The Bertz CT molecular complexity index is 987. The molecule has 2 aromatic heterocycles. The molecule has 1 amide bonds. The van der Waals surface area contributed by atoms with E-state index < -0.39 is 5.91 Å². The van der Waals surface area contributed by atoms with Gasteiger partial charge in [-0.2, -0.15) is 0 Å². The van der Waals surface area contributed by atoms with E-state index in [2.05, 4.69) is 37.1 Å². The third-order valence-corrected chi connectivity index (χ3v) is 3.88. The Morgan fingerprint density at radius 3 is 2.79 bits per heavy atom. The number of fused-ring (bicyclic) bond motifs is 1. The monoisotopic (exact) mass is 382 g/mol. The number of carbonyl (C=O) groups excluding carboxylic acids is 1. The first-order chi connectivity index (χ1) is 11.6.